The number of hydrogen-bond acceptors (Lipinski definition) is 3. The van der Waals surface area contributed by atoms with Crippen molar-refractivity contribution in [3.8, 4) is 11.5 Å². The lowest BCUT2D eigenvalue weighted by Crippen LogP contribution is -2.31. The average molecular weight is 265 g/mol. The number of rotatable bonds is 8. The van der Waals surface area contributed by atoms with Crippen molar-refractivity contribution in [2.45, 2.75) is 40.2 Å². The van der Waals surface area contributed by atoms with Crippen LogP contribution in [0.2, 0.25) is 0 Å². The molecular weight excluding hydrogens is 238 g/mol. The van der Waals surface area contributed by atoms with Gasteiger partial charge in [0.2, 0.25) is 0 Å². The molecule has 1 atom stereocenters. The third-order valence-corrected chi connectivity index (χ3v) is 2.95. The third kappa shape index (κ3) is 5.52. The van der Waals surface area contributed by atoms with E-state index < -0.39 is 0 Å². The molecule has 0 aliphatic rings. The molecular formula is C16H27NO2. The number of methoxy groups -OCH3 is 1. The summed E-state index contributed by atoms with van der Waals surface area (Å²) in [5.74, 6) is 2.29. The average Bonchev–Trinajstić information content (AvgIpc) is 2.38. The van der Waals surface area contributed by atoms with E-state index in [4.69, 9.17) is 9.47 Å². The topological polar surface area (TPSA) is 30.5 Å². The molecule has 0 fully saturated rings. The molecule has 3 heteroatoms. The van der Waals surface area contributed by atoms with Crippen LogP contribution in [-0.2, 0) is 6.42 Å². The number of benzene rings is 1. The highest BCUT2D eigenvalue weighted by atomic mass is 16.5. The van der Waals surface area contributed by atoms with E-state index in [1.165, 1.54) is 5.56 Å². The summed E-state index contributed by atoms with van der Waals surface area (Å²) in [5, 5.41) is 3.40. The number of hydrogen-bond donors (Lipinski definition) is 1. The minimum Gasteiger partial charge on any atom is -0.493 e. The third-order valence-electron chi connectivity index (χ3n) is 2.95. The van der Waals surface area contributed by atoms with E-state index in [2.05, 4.69) is 39.1 Å². The quantitative estimate of drug-likeness (QED) is 0.782. The predicted octanol–water partition coefficient (Wildman–Crippen LogP) is 3.27. The van der Waals surface area contributed by atoms with Gasteiger partial charge in [0.15, 0.2) is 11.5 Å². The number of nitrogens with one attached hydrogen (secondary N) is 1. The lowest BCUT2D eigenvalue weighted by Gasteiger charge is -2.18. The van der Waals surface area contributed by atoms with Crippen LogP contribution in [0.15, 0.2) is 18.2 Å². The molecule has 0 aliphatic heterocycles. The van der Waals surface area contributed by atoms with Gasteiger partial charge in [-0.3, -0.25) is 0 Å². The van der Waals surface area contributed by atoms with Crippen molar-refractivity contribution in [2.75, 3.05) is 20.2 Å². The molecule has 1 N–H and O–H groups in total. The zero-order valence-corrected chi connectivity index (χ0v) is 12.8. The first-order valence-corrected chi connectivity index (χ1v) is 7.11. The summed E-state index contributed by atoms with van der Waals surface area (Å²) in [6.45, 7) is 10.5. The minimum atomic E-state index is 0.125. The molecule has 0 aliphatic carbocycles. The molecule has 0 spiro atoms. The van der Waals surface area contributed by atoms with Crippen LogP contribution in [0.4, 0.5) is 0 Å². The predicted molar refractivity (Wildman–Crippen MR) is 80.2 cm³/mol. The van der Waals surface area contributed by atoms with E-state index in [-0.39, 0.29) is 6.10 Å². The molecule has 0 amide bonds. The number of ether oxygens (including phenoxy) is 2. The smallest absolute Gasteiger partial charge is 0.161 e. The monoisotopic (exact) mass is 265 g/mol. The van der Waals surface area contributed by atoms with Gasteiger partial charge in [0.25, 0.3) is 0 Å². The Morgan fingerprint density at radius 1 is 1.11 bits per heavy atom. The van der Waals surface area contributed by atoms with Gasteiger partial charge in [-0.15, -0.1) is 0 Å². The Morgan fingerprint density at radius 2 is 1.84 bits per heavy atom. The van der Waals surface area contributed by atoms with Crippen LogP contribution < -0.4 is 14.8 Å². The van der Waals surface area contributed by atoms with Crippen LogP contribution in [0, 0.1) is 5.92 Å². The molecule has 0 saturated heterocycles. The van der Waals surface area contributed by atoms with Gasteiger partial charge in [0.05, 0.1) is 7.11 Å². The molecule has 3 nitrogen and oxygen atoms in total. The van der Waals surface area contributed by atoms with E-state index in [0.29, 0.717) is 5.92 Å². The molecule has 1 aromatic carbocycles. The summed E-state index contributed by atoms with van der Waals surface area (Å²) in [6, 6.07) is 6.13. The van der Waals surface area contributed by atoms with E-state index in [1.54, 1.807) is 7.11 Å². The molecule has 0 saturated carbocycles. The van der Waals surface area contributed by atoms with Crippen LogP contribution in [0.1, 0.15) is 33.3 Å². The number of aryl methyl sites for hydroxylation is 1. The Morgan fingerprint density at radius 3 is 2.42 bits per heavy atom. The molecule has 0 radical (unpaired) electrons. The molecule has 1 rings (SSSR count). The maximum absolute atomic E-state index is 5.93. The fraction of sp³-hybridized carbons (Fsp3) is 0.625. The van der Waals surface area contributed by atoms with Crippen molar-refractivity contribution in [1.82, 2.24) is 5.32 Å². The fourth-order valence-corrected chi connectivity index (χ4v) is 1.86. The minimum absolute atomic E-state index is 0.125. The first-order valence-electron chi connectivity index (χ1n) is 7.11. The standard InChI is InChI=1S/C16H27NO2/c1-6-14-7-8-15(16(9-14)18-5)19-13(4)11-17-10-12(2)3/h7-9,12-13,17H,6,10-11H2,1-5H3. The van der Waals surface area contributed by atoms with Gasteiger partial charge >= 0.3 is 0 Å². The van der Waals surface area contributed by atoms with Gasteiger partial charge < -0.3 is 14.8 Å². The molecule has 0 heterocycles. The van der Waals surface area contributed by atoms with Crippen molar-refractivity contribution in [3.05, 3.63) is 23.8 Å². The molecule has 19 heavy (non-hydrogen) atoms. The highest BCUT2D eigenvalue weighted by Gasteiger charge is 2.09. The van der Waals surface area contributed by atoms with Gasteiger partial charge in [-0.2, -0.15) is 0 Å². The second kappa shape index (κ2) is 8.05. The van der Waals surface area contributed by atoms with Crippen LogP contribution in [-0.4, -0.2) is 26.3 Å². The summed E-state index contributed by atoms with van der Waals surface area (Å²) >= 11 is 0. The van der Waals surface area contributed by atoms with Crippen LogP contribution >= 0.6 is 0 Å². The van der Waals surface area contributed by atoms with Gasteiger partial charge in [-0.25, -0.2) is 0 Å². The van der Waals surface area contributed by atoms with Crippen molar-refractivity contribution < 1.29 is 9.47 Å². The van der Waals surface area contributed by atoms with E-state index in [0.717, 1.165) is 31.0 Å². The lowest BCUT2D eigenvalue weighted by atomic mass is 10.1. The second-order valence-corrected chi connectivity index (χ2v) is 5.32. The Balaban J connectivity index is 2.55. The molecule has 0 aromatic heterocycles. The maximum atomic E-state index is 5.93. The van der Waals surface area contributed by atoms with Gasteiger partial charge in [0.1, 0.15) is 6.10 Å². The Bertz CT molecular complexity index is 377. The normalized spacial score (nSPS) is 12.5. The molecule has 1 unspecified atom stereocenters. The van der Waals surface area contributed by atoms with Gasteiger partial charge in [0, 0.05) is 6.54 Å². The Labute approximate surface area is 117 Å². The van der Waals surface area contributed by atoms with Crippen LogP contribution in [0.5, 0.6) is 11.5 Å². The summed E-state index contributed by atoms with van der Waals surface area (Å²) in [4.78, 5) is 0. The SMILES string of the molecule is CCc1ccc(OC(C)CNCC(C)C)c(OC)c1. The van der Waals surface area contributed by atoms with Crippen molar-refractivity contribution in [3.63, 3.8) is 0 Å². The Hall–Kier alpha value is -1.22. The van der Waals surface area contributed by atoms with E-state index in [1.807, 2.05) is 12.1 Å². The molecule has 108 valence electrons. The maximum Gasteiger partial charge on any atom is 0.161 e. The fourth-order valence-electron chi connectivity index (χ4n) is 1.86. The second-order valence-electron chi connectivity index (χ2n) is 5.32. The molecule has 1 aromatic rings. The summed E-state index contributed by atoms with van der Waals surface area (Å²) in [6.07, 6.45) is 1.13. The zero-order valence-electron chi connectivity index (χ0n) is 12.8. The lowest BCUT2D eigenvalue weighted by molar-refractivity contribution is 0.206. The van der Waals surface area contributed by atoms with Crippen molar-refractivity contribution in [1.29, 1.82) is 0 Å². The van der Waals surface area contributed by atoms with Gasteiger partial charge in [-0.05, 0) is 43.5 Å². The highest BCUT2D eigenvalue weighted by molar-refractivity contribution is 5.43. The summed E-state index contributed by atoms with van der Waals surface area (Å²) < 4.78 is 11.3. The van der Waals surface area contributed by atoms with Crippen LogP contribution in [0.25, 0.3) is 0 Å². The van der Waals surface area contributed by atoms with Crippen molar-refractivity contribution >= 4 is 0 Å². The largest absolute Gasteiger partial charge is 0.493 e. The first kappa shape index (κ1) is 15.8. The van der Waals surface area contributed by atoms with E-state index in [9.17, 15) is 0 Å². The molecule has 0 bridgehead atoms. The highest BCUT2D eigenvalue weighted by Crippen LogP contribution is 2.29. The summed E-state index contributed by atoms with van der Waals surface area (Å²) in [7, 11) is 1.68. The Kier molecular flexibility index (Phi) is 6.71. The van der Waals surface area contributed by atoms with Crippen molar-refractivity contribution in [2.24, 2.45) is 5.92 Å². The van der Waals surface area contributed by atoms with Crippen LogP contribution in [0.3, 0.4) is 0 Å². The van der Waals surface area contributed by atoms with E-state index >= 15 is 0 Å². The summed E-state index contributed by atoms with van der Waals surface area (Å²) in [5.41, 5.74) is 1.26. The zero-order chi connectivity index (χ0) is 14.3. The van der Waals surface area contributed by atoms with Gasteiger partial charge in [-0.1, -0.05) is 26.8 Å². The first-order chi connectivity index (χ1) is 9.06.